The molecule has 0 aromatic heterocycles. The van der Waals surface area contributed by atoms with Crippen molar-refractivity contribution in [2.45, 2.75) is 11.8 Å². The Bertz CT molecular complexity index is 957. The maximum absolute atomic E-state index is 12.2. The first kappa shape index (κ1) is 20.0. The first-order valence-corrected chi connectivity index (χ1v) is 9.08. The Labute approximate surface area is 155 Å². The Morgan fingerprint density at radius 2 is 1.93 bits per heavy atom. The third kappa shape index (κ3) is 4.85. The zero-order valence-electron chi connectivity index (χ0n) is 14.4. The number of benzene rings is 2. The Kier molecular flexibility index (Phi) is 6.19. The molecule has 2 rings (SSSR count). The molecule has 0 heterocycles. The Morgan fingerprint density at radius 3 is 2.48 bits per heavy atom. The van der Waals surface area contributed by atoms with Gasteiger partial charge in [0.1, 0.15) is 11.5 Å². The van der Waals surface area contributed by atoms with Crippen LogP contribution in [0.2, 0.25) is 0 Å². The molecule has 0 atom stereocenters. The predicted molar refractivity (Wildman–Crippen MR) is 94.6 cm³/mol. The van der Waals surface area contributed by atoms with Crippen molar-refractivity contribution in [1.29, 1.82) is 0 Å². The molecule has 2 aromatic rings. The summed E-state index contributed by atoms with van der Waals surface area (Å²) in [4.78, 5) is 12.0. The second-order valence-electron chi connectivity index (χ2n) is 5.09. The molecule has 11 heteroatoms. The topological polar surface area (TPSA) is 143 Å². The maximum atomic E-state index is 12.2. The average molecular weight is 394 g/mol. The van der Waals surface area contributed by atoms with E-state index in [1.807, 2.05) is 4.83 Å². The molecule has 0 bridgehead atoms. The molecule has 10 nitrogen and oxygen atoms in total. The van der Waals surface area contributed by atoms with Gasteiger partial charge in [-0.15, -0.1) is 0 Å². The van der Waals surface area contributed by atoms with Crippen LogP contribution in [0, 0.1) is 10.1 Å². The average Bonchev–Trinajstić information content (AvgIpc) is 2.63. The maximum Gasteiger partial charge on any atom is 0.276 e. The Balaban J connectivity index is 2.20. The highest BCUT2D eigenvalue weighted by Crippen LogP contribution is 2.33. The number of hydrogen-bond acceptors (Lipinski definition) is 8. The van der Waals surface area contributed by atoms with Gasteiger partial charge in [-0.25, -0.2) is 4.83 Å². The number of ether oxygens (including phenoxy) is 2. The predicted octanol–water partition coefficient (Wildman–Crippen LogP) is 1.39. The van der Waals surface area contributed by atoms with Gasteiger partial charge in [0.2, 0.25) is 0 Å². The summed E-state index contributed by atoms with van der Waals surface area (Å²) in [7, 11) is -2.75. The number of rotatable bonds is 8. The van der Waals surface area contributed by atoms with Crippen LogP contribution in [0.25, 0.3) is 0 Å². The number of nitro benzene ring substituents is 1. The van der Waals surface area contributed by atoms with Gasteiger partial charge in [-0.1, -0.05) is 0 Å². The smallest absolute Gasteiger partial charge is 0.276 e. The van der Waals surface area contributed by atoms with Gasteiger partial charge in [-0.05, 0) is 37.3 Å². The molecule has 0 fully saturated rings. The Hall–Kier alpha value is -3.34. The summed E-state index contributed by atoms with van der Waals surface area (Å²) in [5.74, 6) is -0.605. The summed E-state index contributed by atoms with van der Waals surface area (Å²) in [6, 6.07) is 7.89. The summed E-state index contributed by atoms with van der Waals surface area (Å²) in [5, 5.41) is 26.3. The Morgan fingerprint density at radius 1 is 1.26 bits per heavy atom. The summed E-state index contributed by atoms with van der Waals surface area (Å²) in [6.07, 6.45) is 1.03. The molecule has 0 amide bonds. The van der Waals surface area contributed by atoms with E-state index in [2.05, 4.69) is 5.10 Å². The monoisotopic (exact) mass is 394 g/mol. The van der Waals surface area contributed by atoms with Crippen molar-refractivity contribution in [2.75, 3.05) is 13.7 Å². The fourth-order valence-corrected chi connectivity index (χ4v) is 2.87. The van der Waals surface area contributed by atoms with Gasteiger partial charge in [0.15, 0.2) is 0 Å². The number of nitrogens with zero attached hydrogens (tertiary/aromatic N) is 2. The van der Waals surface area contributed by atoms with Gasteiger partial charge in [0.25, 0.3) is 15.7 Å². The van der Waals surface area contributed by atoms with E-state index < -0.39 is 26.4 Å². The molecular formula is C16H16N3O7S-. The third-order valence-electron chi connectivity index (χ3n) is 3.31. The van der Waals surface area contributed by atoms with Gasteiger partial charge in [0, 0.05) is 17.4 Å². The van der Waals surface area contributed by atoms with Gasteiger partial charge >= 0.3 is 0 Å². The van der Waals surface area contributed by atoms with Crippen LogP contribution < -0.4 is 19.4 Å². The van der Waals surface area contributed by atoms with Crippen molar-refractivity contribution in [3.05, 3.63) is 52.1 Å². The summed E-state index contributed by atoms with van der Waals surface area (Å²) >= 11 is 0. The number of hydrazone groups is 1. The lowest BCUT2D eigenvalue weighted by Gasteiger charge is -2.13. The highest BCUT2D eigenvalue weighted by molar-refractivity contribution is 7.89. The van der Waals surface area contributed by atoms with Gasteiger partial charge in [0.05, 0.1) is 29.8 Å². The van der Waals surface area contributed by atoms with Crippen molar-refractivity contribution in [1.82, 2.24) is 4.83 Å². The van der Waals surface area contributed by atoms with Crippen molar-refractivity contribution < 1.29 is 27.9 Å². The quantitative estimate of drug-likeness (QED) is 0.405. The number of nitrogens with one attached hydrogen (secondary N) is 1. The van der Waals surface area contributed by atoms with E-state index in [0.717, 1.165) is 12.3 Å². The van der Waals surface area contributed by atoms with Crippen LogP contribution in [0.15, 0.2) is 46.4 Å². The van der Waals surface area contributed by atoms with Crippen molar-refractivity contribution >= 4 is 21.9 Å². The molecule has 1 N–H and O–H groups in total. The molecule has 0 spiro atoms. The van der Waals surface area contributed by atoms with Crippen LogP contribution in [0.4, 0.5) is 5.69 Å². The molecule has 2 aromatic carbocycles. The van der Waals surface area contributed by atoms with E-state index in [9.17, 15) is 23.6 Å². The van der Waals surface area contributed by atoms with E-state index in [1.165, 1.54) is 37.4 Å². The van der Waals surface area contributed by atoms with Crippen LogP contribution in [0.1, 0.15) is 12.5 Å². The molecule has 0 aliphatic carbocycles. The number of hydrogen-bond donors (Lipinski definition) is 1. The largest absolute Gasteiger partial charge is 0.865 e. The van der Waals surface area contributed by atoms with Crippen LogP contribution in [0.5, 0.6) is 17.2 Å². The van der Waals surface area contributed by atoms with E-state index in [0.29, 0.717) is 12.4 Å². The molecule has 0 unspecified atom stereocenters. The lowest BCUT2D eigenvalue weighted by Crippen LogP contribution is -2.18. The van der Waals surface area contributed by atoms with Crippen LogP contribution in [-0.2, 0) is 10.0 Å². The fourth-order valence-electron chi connectivity index (χ4n) is 2.07. The summed E-state index contributed by atoms with van der Waals surface area (Å²) < 4.78 is 34.4. The van der Waals surface area contributed by atoms with Gasteiger partial charge < -0.3 is 14.6 Å². The molecule has 144 valence electrons. The second-order valence-corrected chi connectivity index (χ2v) is 6.75. The highest BCUT2D eigenvalue weighted by atomic mass is 32.2. The normalized spacial score (nSPS) is 11.3. The van der Waals surface area contributed by atoms with E-state index in [1.54, 1.807) is 6.92 Å². The number of nitro groups is 1. The van der Waals surface area contributed by atoms with Crippen LogP contribution >= 0.6 is 0 Å². The van der Waals surface area contributed by atoms with Gasteiger partial charge in [-0.3, -0.25) is 10.1 Å². The van der Waals surface area contributed by atoms with E-state index in [4.69, 9.17) is 9.47 Å². The van der Waals surface area contributed by atoms with Crippen molar-refractivity contribution in [2.24, 2.45) is 5.10 Å². The molecule has 0 aliphatic heterocycles. The zero-order chi connectivity index (χ0) is 20.0. The standard InChI is InChI=1S/C16H17N3O7S/c1-3-26-12-4-6-13(7-5-12)27(23,24)18-17-10-11-8-14(19(21)22)16(20)15(9-11)25-2/h4-10,18,20H,3H2,1-2H3/p-1/b17-10-. The van der Waals surface area contributed by atoms with Crippen molar-refractivity contribution in [3.8, 4) is 17.2 Å². The van der Waals surface area contributed by atoms with Gasteiger partial charge in [-0.2, -0.15) is 13.5 Å². The van der Waals surface area contributed by atoms with E-state index in [-0.39, 0.29) is 16.2 Å². The first-order chi connectivity index (χ1) is 12.8. The minimum atomic E-state index is -3.94. The lowest BCUT2D eigenvalue weighted by molar-refractivity contribution is -0.398. The number of sulfonamides is 1. The molecule has 0 saturated heterocycles. The van der Waals surface area contributed by atoms with E-state index >= 15 is 0 Å². The minimum Gasteiger partial charge on any atom is -0.865 e. The van der Waals surface area contributed by atoms with Crippen LogP contribution in [-0.4, -0.2) is 33.3 Å². The zero-order valence-corrected chi connectivity index (χ0v) is 15.2. The molecule has 27 heavy (non-hydrogen) atoms. The summed E-state index contributed by atoms with van der Waals surface area (Å²) in [5.41, 5.74) is -0.585. The number of methoxy groups -OCH3 is 1. The molecule has 0 radical (unpaired) electrons. The summed E-state index contributed by atoms with van der Waals surface area (Å²) in [6.45, 7) is 2.26. The molecule has 0 saturated carbocycles. The minimum absolute atomic E-state index is 0.0402. The van der Waals surface area contributed by atoms with Crippen LogP contribution in [0.3, 0.4) is 0 Å². The molecular weight excluding hydrogens is 378 g/mol. The first-order valence-electron chi connectivity index (χ1n) is 7.59. The fraction of sp³-hybridized carbons (Fsp3) is 0.188. The third-order valence-corrected chi connectivity index (χ3v) is 4.54. The SMILES string of the molecule is CCOc1ccc(S(=O)(=O)N/N=C\c2cc(OC)c([O-])c([N+](=O)[O-])c2)cc1. The van der Waals surface area contributed by atoms with Crippen molar-refractivity contribution in [3.63, 3.8) is 0 Å². The lowest BCUT2D eigenvalue weighted by atomic mass is 10.2. The second kappa shape index (κ2) is 8.36. The highest BCUT2D eigenvalue weighted by Gasteiger charge is 2.14. The molecule has 0 aliphatic rings.